The predicted molar refractivity (Wildman–Crippen MR) is 47.6 cm³/mol. The van der Waals surface area contributed by atoms with Crippen molar-refractivity contribution in [3.05, 3.63) is 17.5 Å². The molecular formula is C9H16N2O. The third kappa shape index (κ3) is 2.34. The highest BCUT2D eigenvalue weighted by Crippen LogP contribution is 2.13. The average Bonchev–Trinajstić information content (AvgIpc) is 2.34. The van der Waals surface area contributed by atoms with E-state index in [1.807, 2.05) is 13.0 Å². The van der Waals surface area contributed by atoms with Gasteiger partial charge in [-0.1, -0.05) is 19.0 Å². The van der Waals surface area contributed by atoms with Gasteiger partial charge in [0.15, 0.2) is 5.76 Å². The summed E-state index contributed by atoms with van der Waals surface area (Å²) in [5.74, 6) is 1.38. The van der Waals surface area contributed by atoms with Gasteiger partial charge in [-0.3, -0.25) is 0 Å². The second-order valence-corrected chi connectivity index (χ2v) is 3.61. The molecule has 0 aliphatic heterocycles. The van der Waals surface area contributed by atoms with Gasteiger partial charge in [0.1, 0.15) is 0 Å². The van der Waals surface area contributed by atoms with Gasteiger partial charge in [0.25, 0.3) is 0 Å². The normalized spacial score (nSPS) is 13.8. The van der Waals surface area contributed by atoms with Crippen molar-refractivity contribution >= 4 is 0 Å². The molecule has 0 aromatic carbocycles. The molecule has 1 aromatic rings. The lowest BCUT2D eigenvalue weighted by atomic mass is 10.1. The van der Waals surface area contributed by atoms with Crippen molar-refractivity contribution in [3.8, 4) is 0 Å². The van der Waals surface area contributed by atoms with E-state index in [2.05, 4.69) is 19.0 Å². The molecule has 0 saturated carbocycles. The van der Waals surface area contributed by atoms with Crippen LogP contribution in [0.3, 0.4) is 0 Å². The van der Waals surface area contributed by atoms with Gasteiger partial charge in [-0.25, -0.2) is 0 Å². The Labute approximate surface area is 72.9 Å². The number of hydrogen-bond donors (Lipinski definition) is 1. The molecule has 1 unspecified atom stereocenters. The van der Waals surface area contributed by atoms with E-state index in [0.29, 0.717) is 5.92 Å². The first kappa shape index (κ1) is 9.26. The average molecular weight is 168 g/mol. The summed E-state index contributed by atoms with van der Waals surface area (Å²) in [5.41, 5.74) is 6.62. The summed E-state index contributed by atoms with van der Waals surface area (Å²) in [6.45, 7) is 6.19. The predicted octanol–water partition coefficient (Wildman–Crippen LogP) is 1.89. The van der Waals surface area contributed by atoms with Crippen molar-refractivity contribution in [1.82, 2.24) is 5.16 Å². The van der Waals surface area contributed by atoms with Gasteiger partial charge in [-0.15, -0.1) is 0 Å². The summed E-state index contributed by atoms with van der Waals surface area (Å²) >= 11 is 0. The fraction of sp³-hybridized carbons (Fsp3) is 0.667. The van der Waals surface area contributed by atoms with E-state index < -0.39 is 0 Å². The minimum Gasteiger partial charge on any atom is -0.359 e. The zero-order chi connectivity index (χ0) is 9.14. The molecule has 2 N–H and O–H groups in total. The quantitative estimate of drug-likeness (QED) is 0.749. The zero-order valence-electron chi connectivity index (χ0n) is 7.87. The smallest absolute Gasteiger partial charge is 0.153 e. The Balaban J connectivity index is 2.64. The Morgan fingerprint density at radius 3 is 2.58 bits per heavy atom. The number of nitrogens with zero attached hydrogens (tertiary/aromatic N) is 1. The molecule has 1 aromatic heterocycles. The molecule has 1 heterocycles. The summed E-state index contributed by atoms with van der Waals surface area (Å²) in [6.07, 6.45) is 0.955. The van der Waals surface area contributed by atoms with E-state index in [1.165, 1.54) is 0 Å². The summed E-state index contributed by atoms with van der Waals surface area (Å²) in [7, 11) is 0. The number of nitrogens with two attached hydrogens (primary N) is 1. The van der Waals surface area contributed by atoms with E-state index in [9.17, 15) is 0 Å². The molecule has 0 bridgehead atoms. The second-order valence-electron chi connectivity index (χ2n) is 3.61. The van der Waals surface area contributed by atoms with Gasteiger partial charge in [-0.05, 0) is 19.3 Å². The Hall–Kier alpha value is -0.830. The Morgan fingerprint density at radius 1 is 1.50 bits per heavy atom. The van der Waals surface area contributed by atoms with Gasteiger partial charge in [0, 0.05) is 6.07 Å². The summed E-state index contributed by atoms with van der Waals surface area (Å²) in [5, 5.41) is 3.92. The van der Waals surface area contributed by atoms with Crippen molar-refractivity contribution in [2.24, 2.45) is 11.7 Å². The van der Waals surface area contributed by atoms with Crippen LogP contribution in [0.5, 0.6) is 0 Å². The van der Waals surface area contributed by atoms with Crippen molar-refractivity contribution in [2.45, 2.75) is 33.2 Å². The first-order chi connectivity index (χ1) is 5.59. The molecule has 3 heteroatoms. The van der Waals surface area contributed by atoms with E-state index in [4.69, 9.17) is 10.3 Å². The number of aromatic nitrogens is 1. The van der Waals surface area contributed by atoms with Gasteiger partial charge in [0.05, 0.1) is 11.7 Å². The van der Waals surface area contributed by atoms with Crippen LogP contribution in [0.15, 0.2) is 10.6 Å². The van der Waals surface area contributed by atoms with Gasteiger partial charge in [0.2, 0.25) is 0 Å². The molecule has 1 atom stereocenters. The van der Waals surface area contributed by atoms with Gasteiger partial charge in [-0.2, -0.15) is 0 Å². The van der Waals surface area contributed by atoms with Crippen LogP contribution in [0.1, 0.15) is 38.3 Å². The van der Waals surface area contributed by atoms with E-state index in [-0.39, 0.29) is 6.04 Å². The Bertz CT molecular complexity index is 240. The minimum atomic E-state index is -0.0570. The lowest BCUT2D eigenvalue weighted by Crippen LogP contribution is -2.02. The molecule has 0 aliphatic carbocycles. The molecule has 0 amide bonds. The second kappa shape index (κ2) is 3.72. The van der Waals surface area contributed by atoms with Gasteiger partial charge >= 0.3 is 0 Å². The van der Waals surface area contributed by atoms with Crippen LogP contribution >= 0.6 is 0 Å². The number of rotatable bonds is 3. The Morgan fingerprint density at radius 2 is 2.17 bits per heavy atom. The summed E-state index contributed by atoms with van der Waals surface area (Å²) in [4.78, 5) is 0. The molecule has 1 rings (SSSR count). The molecule has 0 spiro atoms. The molecule has 0 fully saturated rings. The maximum absolute atomic E-state index is 5.62. The van der Waals surface area contributed by atoms with E-state index >= 15 is 0 Å². The molecule has 0 aliphatic rings. The SMILES string of the molecule is CC(C)Cc1cc(C(C)N)on1. The fourth-order valence-electron chi connectivity index (χ4n) is 1.06. The molecule has 68 valence electrons. The molecule has 12 heavy (non-hydrogen) atoms. The van der Waals surface area contributed by atoms with Crippen LogP contribution in [-0.2, 0) is 6.42 Å². The van der Waals surface area contributed by atoms with E-state index in [1.54, 1.807) is 0 Å². The third-order valence-corrected chi connectivity index (χ3v) is 1.64. The minimum absolute atomic E-state index is 0.0570. The summed E-state index contributed by atoms with van der Waals surface area (Å²) in [6, 6.07) is 1.88. The Kier molecular flexibility index (Phi) is 2.87. The van der Waals surface area contributed by atoms with Crippen LogP contribution in [0, 0.1) is 5.92 Å². The van der Waals surface area contributed by atoms with E-state index in [0.717, 1.165) is 17.9 Å². The maximum Gasteiger partial charge on any atom is 0.153 e. The van der Waals surface area contributed by atoms with Crippen LogP contribution < -0.4 is 5.73 Å². The molecule has 0 saturated heterocycles. The van der Waals surface area contributed by atoms with Crippen LogP contribution in [0.25, 0.3) is 0 Å². The van der Waals surface area contributed by atoms with Crippen LogP contribution in [0.4, 0.5) is 0 Å². The lowest BCUT2D eigenvalue weighted by Gasteiger charge is -1.97. The first-order valence-electron chi connectivity index (χ1n) is 4.30. The highest BCUT2D eigenvalue weighted by molar-refractivity contribution is 5.08. The topological polar surface area (TPSA) is 52.0 Å². The van der Waals surface area contributed by atoms with Crippen molar-refractivity contribution in [2.75, 3.05) is 0 Å². The third-order valence-electron chi connectivity index (χ3n) is 1.64. The highest BCUT2D eigenvalue weighted by Gasteiger charge is 2.08. The maximum atomic E-state index is 5.62. The highest BCUT2D eigenvalue weighted by atomic mass is 16.5. The largest absolute Gasteiger partial charge is 0.359 e. The summed E-state index contributed by atoms with van der Waals surface area (Å²) < 4.78 is 5.05. The molecule has 3 nitrogen and oxygen atoms in total. The standard InChI is InChI=1S/C9H16N2O/c1-6(2)4-8-5-9(7(3)10)12-11-8/h5-7H,4,10H2,1-3H3. The van der Waals surface area contributed by atoms with Crippen LogP contribution in [-0.4, -0.2) is 5.16 Å². The number of hydrogen-bond acceptors (Lipinski definition) is 3. The van der Waals surface area contributed by atoms with Gasteiger partial charge < -0.3 is 10.3 Å². The van der Waals surface area contributed by atoms with Crippen molar-refractivity contribution < 1.29 is 4.52 Å². The fourth-order valence-corrected chi connectivity index (χ4v) is 1.06. The first-order valence-corrected chi connectivity index (χ1v) is 4.30. The molecular weight excluding hydrogens is 152 g/mol. The lowest BCUT2D eigenvalue weighted by molar-refractivity contribution is 0.360. The monoisotopic (exact) mass is 168 g/mol. The van der Waals surface area contributed by atoms with Crippen molar-refractivity contribution in [1.29, 1.82) is 0 Å². The van der Waals surface area contributed by atoms with Crippen LogP contribution in [0.2, 0.25) is 0 Å². The zero-order valence-corrected chi connectivity index (χ0v) is 7.87. The van der Waals surface area contributed by atoms with Crippen molar-refractivity contribution in [3.63, 3.8) is 0 Å². The molecule has 0 radical (unpaired) electrons.